The Morgan fingerprint density at radius 2 is 1.83 bits per heavy atom. The average molecular weight is 523 g/mol. The number of β-amino-alcohol motifs (C(OH)–C–C–N with tert-alkyl or cyclic N) is 1. The quantitative estimate of drug-likeness (QED) is 0.444. The van der Waals surface area contributed by atoms with Crippen LogP contribution in [0.5, 0.6) is 0 Å². The van der Waals surface area contributed by atoms with Crippen molar-refractivity contribution in [2.24, 2.45) is 5.73 Å². The molecule has 4 rings (SSSR count). The molecule has 1 aromatic carbocycles. The van der Waals surface area contributed by atoms with E-state index in [9.17, 15) is 31.5 Å². The maximum absolute atomic E-state index is 13.1. The number of hydrogen-bond donors (Lipinski definition) is 3. The van der Waals surface area contributed by atoms with Crippen LogP contribution in [0.1, 0.15) is 22.5 Å². The molecular formula is C22H21F3N6O4S. The van der Waals surface area contributed by atoms with E-state index >= 15 is 0 Å². The molecule has 1 saturated heterocycles. The molecule has 0 bridgehead atoms. The van der Waals surface area contributed by atoms with Crippen LogP contribution in [0.2, 0.25) is 0 Å². The van der Waals surface area contributed by atoms with Crippen LogP contribution >= 0.6 is 0 Å². The normalized spacial score (nSPS) is 19.1. The molecule has 1 aliphatic rings. The Bertz CT molecular complexity index is 1350. The highest BCUT2D eigenvalue weighted by molar-refractivity contribution is 7.89. The van der Waals surface area contributed by atoms with E-state index in [1.165, 1.54) is 24.4 Å². The summed E-state index contributed by atoms with van der Waals surface area (Å²) in [6, 6.07) is 8.79. The van der Waals surface area contributed by atoms with Crippen LogP contribution in [-0.2, 0) is 16.2 Å². The van der Waals surface area contributed by atoms with Crippen molar-refractivity contribution >= 4 is 21.7 Å². The first kappa shape index (κ1) is 25.5. The molecule has 1 fully saturated rings. The molecule has 14 heteroatoms. The number of primary amides is 1. The van der Waals surface area contributed by atoms with E-state index in [0.29, 0.717) is 17.3 Å². The predicted molar refractivity (Wildman–Crippen MR) is 122 cm³/mol. The number of aromatic nitrogens is 3. The summed E-state index contributed by atoms with van der Waals surface area (Å²) in [6.45, 7) is -0.131. The van der Waals surface area contributed by atoms with Crippen molar-refractivity contribution in [2.45, 2.75) is 29.6 Å². The summed E-state index contributed by atoms with van der Waals surface area (Å²) >= 11 is 0. The Balaban J connectivity index is 1.42. The van der Waals surface area contributed by atoms with Crippen molar-refractivity contribution in [1.82, 2.24) is 19.5 Å². The highest BCUT2D eigenvalue weighted by atomic mass is 32.2. The number of nitrogens with zero attached hydrogens (tertiary/aromatic N) is 4. The van der Waals surface area contributed by atoms with Gasteiger partial charge in [0.25, 0.3) is 5.91 Å². The zero-order valence-electron chi connectivity index (χ0n) is 18.6. The SMILES string of the molecule is NC(=O)c1cc(-c2ccc(S(=O)(=O)N3CC[C@@H](Nc4ccc(C(F)(F)F)cn4)[C@@H](O)C3)cc2)cnn1. The van der Waals surface area contributed by atoms with Gasteiger partial charge in [0.2, 0.25) is 10.0 Å². The second-order valence-electron chi connectivity index (χ2n) is 8.12. The number of carbonyl (C=O) groups is 1. The fraction of sp³-hybridized carbons (Fsp3) is 0.273. The minimum Gasteiger partial charge on any atom is -0.390 e. The van der Waals surface area contributed by atoms with Gasteiger partial charge < -0.3 is 16.2 Å². The fourth-order valence-electron chi connectivity index (χ4n) is 3.74. The van der Waals surface area contributed by atoms with Crippen LogP contribution in [0.15, 0.2) is 59.8 Å². The van der Waals surface area contributed by atoms with E-state index in [2.05, 4.69) is 20.5 Å². The van der Waals surface area contributed by atoms with Crippen molar-refractivity contribution in [3.63, 3.8) is 0 Å². The van der Waals surface area contributed by atoms with Gasteiger partial charge >= 0.3 is 6.18 Å². The first-order chi connectivity index (χ1) is 16.9. The summed E-state index contributed by atoms with van der Waals surface area (Å²) in [7, 11) is -3.93. The Morgan fingerprint density at radius 1 is 1.11 bits per heavy atom. The molecule has 4 N–H and O–H groups in total. The van der Waals surface area contributed by atoms with Crippen molar-refractivity contribution < 1.29 is 31.5 Å². The van der Waals surface area contributed by atoms with Crippen LogP contribution in [0.3, 0.4) is 0 Å². The van der Waals surface area contributed by atoms with Crippen molar-refractivity contribution in [2.75, 3.05) is 18.4 Å². The third-order valence-electron chi connectivity index (χ3n) is 5.70. The minimum atomic E-state index is -4.51. The monoisotopic (exact) mass is 522 g/mol. The van der Waals surface area contributed by atoms with E-state index < -0.39 is 39.8 Å². The number of piperidine rings is 1. The summed E-state index contributed by atoms with van der Waals surface area (Å²) in [5.41, 5.74) is 5.42. The van der Waals surface area contributed by atoms with Gasteiger partial charge in [0.05, 0.1) is 28.8 Å². The molecule has 0 radical (unpaired) electrons. The first-order valence-electron chi connectivity index (χ1n) is 10.7. The van der Waals surface area contributed by atoms with Gasteiger partial charge in [-0.15, -0.1) is 5.10 Å². The van der Waals surface area contributed by atoms with Crippen LogP contribution in [0.25, 0.3) is 11.1 Å². The van der Waals surface area contributed by atoms with Gasteiger partial charge in [-0.3, -0.25) is 4.79 Å². The summed E-state index contributed by atoms with van der Waals surface area (Å²) in [4.78, 5) is 15.0. The van der Waals surface area contributed by atoms with Crippen molar-refractivity contribution in [3.05, 3.63) is 66.1 Å². The number of benzene rings is 1. The van der Waals surface area contributed by atoms with Crippen molar-refractivity contribution in [1.29, 1.82) is 0 Å². The Labute approximate surface area is 204 Å². The number of anilines is 1. The number of halogens is 3. The third-order valence-corrected chi connectivity index (χ3v) is 7.58. The zero-order valence-corrected chi connectivity index (χ0v) is 19.4. The smallest absolute Gasteiger partial charge is 0.390 e. The minimum absolute atomic E-state index is 0.00593. The lowest BCUT2D eigenvalue weighted by Crippen LogP contribution is -2.51. The number of hydrogen-bond acceptors (Lipinski definition) is 8. The number of sulfonamides is 1. The van der Waals surface area contributed by atoms with E-state index in [4.69, 9.17) is 5.73 Å². The lowest BCUT2D eigenvalue weighted by molar-refractivity contribution is -0.137. The van der Waals surface area contributed by atoms with Gasteiger partial charge in [0.15, 0.2) is 5.69 Å². The molecule has 3 aromatic rings. The van der Waals surface area contributed by atoms with E-state index in [1.807, 2.05) is 0 Å². The Hall–Kier alpha value is -3.62. The summed E-state index contributed by atoms with van der Waals surface area (Å²) in [5.74, 6) is -0.599. The molecular weight excluding hydrogens is 501 g/mol. The van der Waals surface area contributed by atoms with Gasteiger partial charge in [-0.1, -0.05) is 12.1 Å². The number of aliphatic hydroxyl groups excluding tert-OH is 1. The summed E-state index contributed by atoms with van der Waals surface area (Å²) in [6.07, 6.45) is -3.32. The average Bonchev–Trinajstić information content (AvgIpc) is 2.85. The second-order valence-corrected chi connectivity index (χ2v) is 10.1. The number of nitrogens with one attached hydrogen (secondary N) is 1. The maximum Gasteiger partial charge on any atom is 0.417 e. The molecule has 0 unspecified atom stereocenters. The molecule has 3 heterocycles. The number of aliphatic hydroxyl groups is 1. The van der Waals surface area contributed by atoms with Gasteiger partial charge in [0, 0.05) is 24.8 Å². The molecule has 10 nitrogen and oxygen atoms in total. The molecule has 0 saturated carbocycles. The largest absolute Gasteiger partial charge is 0.417 e. The van der Waals surface area contributed by atoms with Crippen LogP contribution in [0.4, 0.5) is 19.0 Å². The number of amides is 1. The van der Waals surface area contributed by atoms with Gasteiger partial charge in [-0.25, -0.2) is 13.4 Å². The molecule has 36 heavy (non-hydrogen) atoms. The highest BCUT2D eigenvalue weighted by Gasteiger charge is 2.35. The molecule has 1 amide bonds. The zero-order chi connectivity index (χ0) is 26.1. The Kier molecular flexibility index (Phi) is 6.93. The molecule has 0 spiro atoms. The highest BCUT2D eigenvalue weighted by Crippen LogP contribution is 2.30. The summed E-state index contributed by atoms with van der Waals surface area (Å²) < 4.78 is 65.5. The van der Waals surface area contributed by atoms with Gasteiger partial charge in [-0.05, 0) is 42.3 Å². The van der Waals surface area contributed by atoms with Gasteiger partial charge in [-0.2, -0.15) is 22.6 Å². The number of nitrogens with two attached hydrogens (primary N) is 1. The van der Waals surface area contributed by atoms with E-state index in [0.717, 1.165) is 16.4 Å². The first-order valence-corrected chi connectivity index (χ1v) is 12.1. The maximum atomic E-state index is 13.1. The molecule has 2 atom stereocenters. The lowest BCUT2D eigenvalue weighted by Gasteiger charge is -2.35. The number of alkyl halides is 3. The van der Waals surface area contributed by atoms with Crippen LogP contribution in [0, 0.1) is 0 Å². The molecule has 0 aliphatic carbocycles. The fourth-order valence-corrected chi connectivity index (χ4v) is 5.21. The topological polar surface area (TPSA) is 151 Å². The lowest BCUT2D eigenvalue weighted by atomic mass is 10.0. The Morgan fingerprint density at radius 3 is 2.42 bits per heavy atom. The molecule has 190 valence electrons. The van der Waals surface area contributed by atoms with E-state index in [-0.39, 0.29) is 35.9 Å². The second kappa shape index (κ2) is 9.79. The van der Waals surface area contributed by atoms with Crippen molar-refractivity contribution in [3.8, 4) is 11.1 Å². The van der Waals surface area contributed by atoms with E-state index in [1.54, 1.807) is 12.1 Å². The standard InChI is InChI=1S/C22H21F3N6O4S/c23-22(24,25)15-3-6-20(27-11-15)29-17-7-8-31(12-19(17)32)36(34,35)16-4-1-13(2-5-16)14-9-18(21(26)33)30-28-10-14/h1-6,9-11,17,19,32H,7-8,12H2,(H2,26,33)(H,27,29)/t17-,19+/m1/s1. The van der Waals surface area contributed by atoms with Crippen LogP contribution < -0.4 is 11.1 Å². The predicted octanol–water partition coefficient (Wildman–Crippen LogP) is 1.89. The molecule has 1 aliphatic heterocycles. The summed E-state index contributed by atoms with van der Waals surface area (Å²) in [5, 5.41) is 20.7. The number of pyridine rings is 1. The molecule has 2 aromatic heterocycles. The number of rotatable bonds is 6. The van der Waals surface area contributed by atoms with Gasteiger partial charge in [0.1, 0.15) is 5.82 Å². The third kappa shape index (κ3) is 5.45. The van der Waals surface area contributed by atoms with Crippen LogP contribution in [-0.4, -0.2) is 64.2 Å². The number of carbonyl (C=O) groups excluding carboxylic acids is 1.